The molecule has 2 amide bonds. The molecule has 1 aliphatic heterocycles. The number of fused-ring (bicyclic) bond motifs is 1. The standard InChI is InChI=1S/C22H21FN4O2/c1-14-3-8-20(29-2)19(11-14)26-22(28)27-10-9-18-16(13-27)12-24-21(25-18)15-4-6-17(23)7-5-15/h3-8,11-12H,9-10,13H2,1-2H3,(H,26,28). The number of methoxy groups -OCH3 is 1. The summed E-state index contributed by atoms with van der Waals surface area (Å²) in [6.45, 7) is 2.94. The van der Waals surface area contributed by atoms with Gasteiger partial charge in [0.25, 0.3) is 0 Å². The molecule has 0 saturated heterocycles. The van der Waals surface area contributed by atoms with Crippen LogP contribution in [-0.4, -0.2) is 34.6 Å². The summed E-state index contributed by atoms with van der Waals surface area (Å²) in [5.74, 6) is 0.887. The molecule has 7 heteroatoms. The Balaban J connectivity index is 1.49. The first-order valence-corrected chi connectivity index (χ1v) is 9.35. The lowest BCUT2D eigenvalue weighted by Gasteiger charge is -2.28. The number of nitrogens with one attached hydrogen (secondary N) is 1. The van der Waals surface area contributed by atoms with Gasteiger partial charge in [0.2, 0.25) is 0 Å². The van der Waals surface area contributed by atoms with Crippen molar-refractivity contribution in [2.75, 3.05) is 19.0 Å². The number of rotatable bonds is 3. The minimum atomic E-state index is -0.293. The fourth-order valence-corrected chi connectivity index (χ4v) is 3.34. The average molecular weight is 392 g/mol. The van der Waals surface area contributed by atoms with Crippen molar-refractivity contribution in [3.05, 3.63) is 71.3 Å². The minimum absolute atomic E-state index is 0.192. The first kappa shape index (κ1) is 18.9. The smallest absolute Gasteiger partial charge is 0.322 e. The van der Waals surface area contributed by atoms with Crippen LogP contribution in [0.4, 0.5) is 14.9 Å². The van der Waals surface area contributed by atoms with E-state index in [9.17, 15) is 9.18 Å². The number of halogens is 1. The summed E-state index contributed by atoms with van der Waals surface area (Å²) < 4.78 is 18.5. The molecule has 0 unspecified atom stereocenters. The number of hydrogen-bond donors (Lipinski definition) is 1. The van der Waals surface area contributed by atoms with Gasteiger partial charge in [-0.05, 0) is 48.9 Å². The van der Waals surface area contributed by atoms with Crippen molar-refractivity contribution in [3.8, 4) is 17.1 Å². The van der Waals surface area contributed by atoms with Crippen molar-refractivity contribution >= 4 is 11.7 Å². The Morgan fingerprint density at radius 3 is 2.76 bits per heavy atom. The van der Waals surface area contributed by atoms with Crippen LogP contribution in [0.25, 0.3) is 11.4 Å². The first-order chi connectivity index (χ1) is 14.0. The van der Waals surface area contributed by atoms with Gasteiger partial charge in [-0.25, -0.2) is 19.2 Å². The van der Waals surface area contributed by atoms with Gasteiger partial charge >= 0.3 is 6.03 Å². The highest BCUT2D eigenvalue weighted by atomic mass is 19.1. The quantitative estimate of drug-likeness (QED) is 0.726. The van der Waals surface area contributed by atoms with E-state index in [1.165, 1.54) is 12.1 Å². The van der Waals surface area contributed by atoms with E-state index in [1.54, 1.807) is 30.3 Å². The number of urea groups is 1. The second-order valence-corrected chi connectivity index (χ2v) is 6.98. The fraction of sp³-hybridized carbons (Fsp3) is 0.227. The first-order valence-electron chi connectivity index (χ1n) is 9.35. The number of carbonyl (C=O) groups is 1. The minimum Gasteiger partial charge on any atom is -0.495 e. The van der Waals surface area contributed by atoms with Crippen molar-refractivity contribution in [2.45, 2.75) is 19.9 Å². The summed E-state index contributed by atoms with van der Waals surface area (Å²) in [7, 11) is 1.58. The molecule has 29 heavy (non-hydrogen) atoms. The maximum atomic E-state index is 13.1. The maximum Gasteiger partial charge on any atom is 0.322 e. The van der Waals surface area contributed by atoms with Crippen LogP contribution in [0.1, 0.15) is 16.8 Å². The fourth-order valence-electron chi connectivity index (χ4n) is 3.34. The molecule has 2 heterocycles. The third-order valence-corrected chi connectivity index (χ3v) is 4.92. The van der Waals surface area contributed by atoms with Crippen LogP contribution in [-0.2, 0) is 13.0 Å². The average Bonchev–Trinajstić information content (AvgIpc) is 2.73. The monoisotopic (exact) mass is 392 g/mol. The van der Waals surface area contributed by atoms with Gasteiger partial charge in [0.15, 0.2) is 5.82 Å². The van der Waals surface area contributed by atoms with E-state index in [0.717, 1.165) is 22.4 Å². The number of carbonyl (C=O) groups excluding carboxylic acids is 1. The summed E-state index contributed by atoms with van der Waals surface area (Å²) in [5.41, 5.74) is 4.27. The molecular formula is C22H21FN4O2. The van der Waals surface area contributed by atoms with E-state index in [1.807, 2.05) is 25.1 Å². The Labute approximate surface area is 168 Å². The van der Waals surface area contributed by atoms with E-state index < -0.39 is 0 Å². The Morgan fingerprint density at radius 2 is 2.00 bits per heavy atom. The third kappa shape index (κ3) is 4.03. The number of anilines is 1. The molecule has 3 aromatic rings. The summed E-state index contributed by atoms with van der Waals surface area (Å²) >= 11 is 0. The number of aryl methyl sites for hydroxylation is 1. The van der Waals surface area contributed by atoms with Gasteiger partial charge in [-0.2, -0.15) is 0 Å². The molecule has 0 bridgehead atoms. The molecule has 0 spiro atoms. The van der Waals surface area contributed by atoms with E-state index >= 15 is 0 Å². The number of ether oxygens (including phenoxy) is 1. The molecule has 0 fully saturated rings. The van der Waals surface area contributed by atoms with Crippen molar-refractivity contribution in [3.63, 3.8) is 0 Å². The molecule has 0 atom stereocenters. The van der Waals surface area contributed by atoms with Crippen molar-refractivity contribution in [1.29, 1.82) is 0 Å². The molecule has 148 valence electrons. The molecule has 0 radical (unpaired) electrons. The zero-order valence-corrected chi connectivity index (χ0v) is 16.3. The highest BCUT2D eigenvalue weighted by molar-refractivity contribution is 5.91. The summed E-state index contributed by atoms with van der Waals surface area (Å²) in [4.78, 5) is 23.5. The van der Waals surface area contributed by atoms with Gasteiger partial charge in [-0.3, -0.25) is 0 Å². The van der Waals surface area contributed by atoms with Crippen molar-refractivity contribution in [1.82, 2.24) is 14.9 Å². The van der Waals surface area contributed by atoms with Crippen LogP contribution in [0.2, 0.25) is 0 Å². The van der Waals surface area contributed by atoms with Crippen LogP contribution >= 0.6 is 0 Å². The number of nitrogens with zero attached hydrogens (tertiary/aromatic N) is 3. The van der Waals surface area contributed by atoms with Crippen molar-refractivity contribution < 1.29 is 13.9 Å². The van der Waals surface area contributed by atoms with Crippen molar-refractivity contribution in [2.24, 2.45) is 0 Å². The molecule has 1 aliphatic rings. The van der Waals surface area contributed by atoms with Gasteiger partial charge in [-0.1, -0.05) is 6.07 Å². The predicted octanol–water partition coefficient (Wildman–Crippen LogP) is 4.19. The van der Waals surface area contributed by atoms with Crippen LogP contribution in [0.15, 0.2) is 48.7 Å². The molecular weight excluding hydrogens is 371 g/mol. The van der Waals surface area contributed by atoms with Gasteiger partial charge in [-0.15, -0.1) is 0 Å². The largest absolute Gasteiger partial charge is 0.495 e. The molecule has 0 saturated carbocycles. The normalized spacial score (nSPS) is 13.0. The Kier molecular flexibility index (Phi) is 5.12. The number of benzene rings is 2. The third-order valence-electron chi connectivity index (χ3n) is 4.92. The van der Waals surface area contributed by atoms with Gasteiger partial charge in [0.1, 0.15) is 11.6 Å². The molecule has 2 aromatic carbocycles. The molecule has 0 aliphatic carbocycles. The zero-order valence-electron chi connectivity index (χ0n) is 16.3. The highest BCUT2D eigenvalue weighted by Crippen LogP contribution is 2.27. The second kappa shape index (κ2) is 7.87. The molecule has 1 N–H and O–H groups in total. The molecule has 1 aromatic heterocycles. The van der Waals surface area contributed by atoms with Gasteiger partial charge < -0.3 is 15.0 Å². The van der Waals surface area contributed by atoms with Gasteiger partial charge in [0, 0.05) is 30.3 Å². The van der Waals surface area contributed by atoms with Crippen LogP contribution in [0, 0.1) is 12.7 Å². The molecule has 6 nitrogen and oxygen atoms in total. The van der Waals surface area contributed by atoms with E-state index in [-0.39, 0.29) is 11.8 Å². The number of hydrogen-bond acceptors (Lipinski definition) is 4. The SMILES string of the molecule is COc1ccc(C)cc1NC(=O)N1CCc2nc(-c3ccc(F)cc3)ncc2C1. The Hall–Kier alpha value is -3.48. The number of amides is 2. The maximum absolute atomic E-state index is 13.1. The summed E-state index contributed by atoms with van der Waals surface area (Å²) in [6.07, 6.45) is 2.37. The predicted molar refractivity (Wildman–Crippen MR) is 108 cm³/mol. The van der Waals surface area contributed by atoms with E-state index in [0.29, 0.717) is 36.8 Å². The topological polar surface area (TPSA) is 67.3 Å². The summed E-state index contributed by atoms with van der Waals surface area (Å²) in [5, 5.41) is 2.93. The lowest BCUT2D eigenvalue weighted by Crippen LogP contribution is -2.39. The summed E-state index contributed by atoms with van der Waals surface area (Å²) in [6, 6.07) is 11.6. The lowest BCUT2D eigenvalue weighted by atomic mass is 10.1. The van der Waals surface area contributed by atoms with Crippen LogP contribution < -0.4 is 10.1 Å². The van der Waals surface area contributed by atoms with Crippen LogP contribution in [0.5, 0.6) is 5.75 Å². The zero-order chi connectivity index (χ0) is 20.4. The lowest BCUT2D eigenvalue weighted by molar-refractivity contribution is 0.205. The second-order valence-electron chi connectivity index (χ2n) is 6.98. The van der Waals surface area contributed by atoms with Crippen LogP contribution in [0.3, 0.4) is 0 Å². The highest BCUT2D eigenvalue weighted by Gasteiger charge is 2.23. The number of aromatic nitrogens is 2. The molecule has 4 rings (SSSR count). The van der Waals surface area contributed by atoms with E-state index in [4.69, 9.17) is 4.74 Å². The van der Waals surface area contributed by atoms with Gasteiger partial charge in [0.05, 0.1) is 25.0 Å². The Morgan fingerprint density at radius 1 is 1.21 bits per heavy atom. The Bertz CT molecular complexity index is 1050. The van der Waals surface area contributed by atoms with E-state index in [2.05, 4.69) is 15.3 Å².